The van der Waals surface area contributed by atoms with Crippen LogP contribution in [-0.2, 0) is 4.74 Å². The van der Waals surface area contributed by atoms with Crippen molar-refractivity contribution < 1.29 is 31.3 Å². The lowest BCUT2D eigenvalue weighted by atomic mass is 9.89. The Hall–Kier alpha value is -2.83. The topological polar surface area (TPSA) is 65.4 Å². The highest BCUT2D eigenvalue weighted by Crippen LogP contribution is 2.42. The number of carbonyl (C=O) groups excluding carboxylic acids is 1. The van der Waals surface area contributed by atoms with Crippen LogP contribution in [0.5, 0.6) is 0 Å². The molecule has 1 heterocycles. The second kappa shape index (κ2) is 12.2. The summed E-state index contributed by atoms with van der Waals surface area (Å²) in [6, 6.07) is 16.0. The number of nitrogens with one attached hydrogen (secondary N) is 2. The van der Waals surface area contributed by atoms with Crippen molar-refractivity contribution in [3.8, 4) is 22.5 Å². The highest BCUT2D eigenvalue weighted by molar-refractivity contribution is 8.93. The van der Waals surface area contributed by atoms with Crippen LogP contribution in [0.25, 0.3) is 33.4 Å². The van der Waals surface area contributed by atoms with Crippen LogP contribution in [-0.4, -0.2) is 25.7 Å². The Morgan fingerprint density at radius 3 is 2.43 bits per heavy atom. The molecule has 35 heavy (non-hydrogen) atoms. The fourth-order valence-corrected chi connectivity index (χ4v) is 4.34. The summed E-state index contributed by atoms with van der Waals surface area (Å²) in [5, 5.41) is 5.42. The predicted octanol–water partition coefficient (Wildman–Crippen LogP) is 2.01. The first-order valence-corrected chi connectivity index (χ1v) is 11.6. The normalized spacial score (nSPS) is 11.2. The number of benzene rings is 3. The average molecular weight is 560 g/mol. The Morgan fingerprint density at radius 2 is 1.74 bits per heavy atom. The molecule has 0 spiro atoms. The lowest BCUT2D eigenvalue weighted by molar-refractivity contribution is -0.496. The zero-order valence-electron chi connectivity index (χ0n) is 20.8. The smallest absolute Gasteiger partial charge is 0.338 e. The second-order valence-electron chi connectivity index (χ2n) is 8.13. The van der Waals surface area contributed by atoms with Crippen LogP contribution in [0.2, 0.25) is 0 Å². The first-order chi connectivity index (χ1) is 16.0. The minimum absolute atomic E-state index is 0. The van der Waals surface area contributed by atoms with Gasteiger partial charge in [-0.3, -0.25) is 0 Å². The Morgan fingerprint density at radius 1 is 1.00 bits per heavy atom. The third kappa shape index (κ3) is 5.54. The third-order valence-electron chi connectivity index (χ3n) is 5.84. The summed E-state index contributed by atoms with van der Waals surface area (Å²) < 4.78 is 11.8. The third-order valence-corrected chi connectivity index (χ3v) is 5.84. The van der Waals surface area contributed by atoms with Gasteiger partial charge >= 0.3 is 5.97 Å². The van der Waals surface area contributed by atoms with Gasteiger partial charge in [0.15, 0.2) is 0 Å². The molecule has 2 N–H and O–H groups in total. The minimum atomic E-state index is -0.322. The van der Waals surface area contributed by atoms with Crippen LogP contribution >= 0.6 is 17.0 Å². The summed E-state index contributed by atoms with van der Waals surface area (Å²) in [7, 11) is 0. The lowest BCUT2D eigenvalue weighted by Gasteiger charge is -2.19. The van der Waals surface area contributed by atoms with Crippen molar-refractivity contribution in [1.82, 2.24) is 0 Å². The molecule has 2 aliphatic rings. The molecular weight excluding hydrogens is 528 g/mol. The van der Waals surface area contributed by atoms with Crippen LogP contribution < -0.4 is 28.1 Å². The van der Waals surface area contributed by atoms with Crippen LogP contribution in [0.1, 0.15) is 42.3 Å². The van der Waals surface area contributed by atoms with E-state index in [0.29, 0.717) is 12.2 Å². The van der Waals surface area contributed by atoms with Crippen molar-refractivity contribution in [2.75, 3.05) is 25.0 Å². The van der Waals surface area contributed by atoms with Gasteiger partial charge in [0.1, 0.15) is 17.9 Å². The molecule has 0 bridgehead atoms. The molecule has 0 fully saturated rings. The summed E-state index contributed by atoms with van der Waals surface area (Å²) in [6.07, 6.45) is 0. The molecule has 4 rings (SSSR count). The molecule has 186 valence electrons. The largest absolute Gasteiger partial charge is 1.00 e. The molecule has 0 aromatic heterocycles. The lowest BCUT2D eigenvalue weighted by Crippen LogP contribution is -3.00. The van der Waals surface area contributed by atoms with Gasteiger partial charge in [0.2, 0.25) is 5.36 Å². The van der Waals surface area contributed by atoms with Crippen molar-refractivity contribution in [2.45, 2.75) is 34.6 Å². The Labute approximate surface area is 223 Å². The minimum Gasteiger partial charge on any atom is -1.00 e. The molecular formula is C28H32BrClN2O3. The van der Waals surface area contributed by atoms with E-state index in [9.17, 15) is 4.79 Å². The Bertz CT molecular complexity index is 1380. The standard InChI is InChI=1S/C28H30N2O3.BrH.ClH/c1-6-29-23-15-25-21(13-17(23)4)27(19-11-9-10-12-20(19)28(31)32-8-3)22-14-18(5)24(30-7-2)16-26(22)33-25;;/h9-16,29H,6-8H2,1-5H3;2*1H. The molecule has 7 heteroatoms. The van der Waals surface area contributed by atoms with Crippen LogP contribution in [0.15, 0.2) is 52.9 Å². The van der Waals surface area contributed by atoms with Crippen LogP contribution in [0, 0.1) is 13.8 Å². The van der Waals surface area contributed by atoms with Crippen LogP contribution in [0.3, 0.4) is 0 Å². The number of esters is 1. The molecule has 1 aliphatic carbocycles. The summed E-state index contributed by atoms with van der Waals surface area (Å²) >= 11 is 0. The van der Waals surface area contributed by atoms with Gasteiger partial charge in [0.25, 0.3) is 0 Å². The quantitative estimate of drug-likeness (QED) is 0.280. The molecule has 2 aromatic rings. The van der Waals surface area contributed by atoms with Crippen LogP contribution in [0.4, 0.5) is 5.69 Å². The summed E-state index contributed by atoms with van der Waals surface area (Å²) in [5.74, 6) is 0.446. The van der Waals surface area contributed by atoms with Gasteiger partial charge in [0.05, 0.1) is 18.2 Å². The molecule has 0 amide bonds. The molecule has 0 radical (unpaired) electrons. The van der Waals surface area contributed by atoms with Crippen molar-refractivity contribution in [3.63, 3.8) is 0 Å². The summed E-state index contributed by atoms with van der Waals surface area (Å²) in [4.78, 5) is 16.3. The SMILES string of the molecule is Br.CCNc1cc2oc3cc(=[NH+]CC)c(C)cc-3c(-c3ccccc3C(=O)OCC)c2cc1C.[Cl-]. The molecule has 0 saturated heterocycles. The molecule has 0 unspecified atom stereocenters. The number of halogens is 2. The molecule has 5 nitrogen and oxygen atoms in total. The monoisotopic (exact) mass is 558 g/mol. The van der Waals surface area contributed by atoms with E-state index in [1.54, 1.807) is 0 Å². The molecule has 0 saturated carbocycles. The summed E-state index contributed by atoms with van der Waals surface area (Å²) in [6.45, 7) is 12.1. The number of anilines is 1. The zero-order valence-corrected chi connectivity index (χ0v) is 23.2. The highest BCUT2D eigenvalue weighted by atomic mass is 79.9. The van der Waals surface area contributed by atoms with Gasteiger partial charge < -0.3 is 26.9 Å². The molecule has 0 atom stereocenters. The van der Waals surface area contributed by atoms with E-state index in [1.807, 2.05) is 31.2 Å². The van der Waals surface area contributed by atoms with E-state index in [2.05, 4.69) is 62.3 Å². The number of rotatable bonds is 6. The first kappa shape index (κ1) is 28.4. The van der Waals surface area contributed by atoms with E-state index >= 15 is 0 Å². The van der Waals surface area contributed by atoms with Gasteiger partial charge in [-0.2, -0.15) is 0 Å². The second-order valence-corrected chi connectivity index (χ2v) is 8.13. The van der Waals surface area contributed by atoms with Gasteiger partial charge in [-0.25, -0.2) is 9.79 Å². The number of ether oxygens (including phenoxy) is 1. The molecule has 1 aliphatic heterocycles. The number of hydrogen-bond acceptors (Lipinski definition) is 4. The maximum Gasteiger partial charge on any atom is 0.338 e. The average Bonchev–Trinajstić information content (AvgIpc) is 2.80. The number of carbonyl (C=O) groups is 1. The number of aryl methyl sites for hydroxylation is 2. The summed E-state index contributed by atoms with van der Waals surface area (Å²) in [5.41, 5.74) is 7.38. The number of hydrogen-bond donors (Lipinski definition) is 2. The van der Waals surface area contributed by atoms with E-state index in [-0.39, 0.29) is 35.4 Å². The predicted molar refractivity (Wildman–Crippen MR) is 143 cm³/mol. The fraction of sp³-hybridized carbons (Fsp3) is 0.286. The molecule has 2 aromatic carbocycles. The maximum atomic E-state index is 12.9. The van der Waals surface area contributed by atoms with Gasteiger partial charge in [0, 0.05) is 40.4 Å². The Kier molecular flexibility index (Phi) is 9.92. The van der Waals surface area contributed by atoms with E-state index in [1.165, 1.54) is 0 Å². The zero-order chi connectivity index (χ0) is 23.5. The van der Waals surface area contributed by atoms with Gasteiger partial charge in [-0.1, -0.05) is 18.2 Å². The first-order valence-electron chi connectivity index (χ1n) is 11.6. The van der Waals surface area contributed by atoms with Crippen molar-refractivity contribution in [2.24, 2.45) is 0 Å². The van der Waals surface area contributed by atoms with Crippen molar-refractivity contribution >= 4 is 39.6 Å². The highest BCUT2D eigenvalue weighted by Gasteiger charge is 2.23. The van der Waals surface area contributed by atoms with Gasteiger partial charge in [-0.05, 0) is 63.9 Å². The van der Waals surface area contributed by atoms with Crippen molar-refractivity contribution in [3.05, 3.63) is 70.6 Å². The fourth-order valence-electron chi connectivity index (χ4n) is 4.34. The Balaban J connectivity index is 0.00000216. The number of fused-ring (bicyclic) bond motifs is 2. The maximum absolute atomic E-state index is 12.9. The van der Waals surface area contributed by atoms with E-state index < -0.39 is 0 Å². The van der Waals surface area contributed by atoms with E-state index in [4.69, 9.17) is 9.15 Å². The van der Waals surface area contributed by atoms with E-state index in [0.717, 1.165) is 68.7 Å². The van der Waals surface area contributed by atoms with Crippen molar-refractivity contribution in [1.29, 1.82) is 0 Å². The van der Waals surface area contributed by atoms with Gasteiger partial charge in [-0.15, -0.1) is 17.0 Å².